The molecule has 2 rings (SSSR count). The van der Waals surface area contributed by atoms with Gasteiger partial charge in [-0.3, -0.25) is 4.98 Å². The third-order valence-electron chi connectivity index (χ3n) is 2.78. The monoisotopic (exact) mass is 282 g/mol. The Balaban J connectivity index is 0.00000162. The van der Waals surface area contributed by atoms with Crippen molar-refractivity contribution in [2.75, 3.05) is 0 Å². The lowest BCUT2D eigenvalue weighted by atomic mass is 9.90. The maximum Gasteiger partial charge on any atom is 0.0423 e. The van der Waals surface area contributed by atoms with Gasteiger partial charge < -0.3 is 6.15 Å². The maximum absolute atomic E-state index is 6.04. The van der Waals surface area contributed by atoms with E-state index in [2.05, 4.69) is 18.0 Å². The highest BCUT2D eigenvalue weighted by Crippen LogP contribution is 2.31. The Bertz CT molecular complexity index is 480. The van der Waals surface area contributed by atoms with Crippen molar-refractivity contribution in [3.8, 4) is 0 Å². The van der Waals surface area contributed by atoms with E-state index >= 15 is 0 Å². The van der Waals surface area contributed by atoms with Gasteiger partial charge in [0.15, 0.2) is 0 Å². The van der Waals surface area contributed by atoms with Crippen LogP contribution in [-0.2, 0) is 0 Å². The van der Waals surface area contributed by atoms with Crippen molar-refractivity contribution in [2.24, 2.45) is 0 Å². The van der Waals surface area contributed by atoms with Gasteiger partial charge in [-0.05, 0) is 41.8 Å². The van der Waals surface area contributed by atoms with Crippen LogP contribution in [0.3, 0.4) is 0 Å². The van der Waals surface area contributed by atoms with Crippen molar-refractivity contribution in [1.82, 2.24) is 11.1 Å². The number of nitrogens with zero attached hydrogens (tertiary/aromatic N) is 1. The van der Waals surface area contributed by atoms with E-state index in [0.717, 1.165) is 12.0 Å². The van der Waals surface area contributed by atoms with E-state index in [4.69, 9.17) is 23.2 Å². The van der Waals surface area contributed by atoms with Gasteiger partial charge in [0, 0.05) is 28.4 Å². The van der Waals surface area contributed by atoms with Gasteiger partial charge in [-0.15, -0.1) is 0 Å². The first-order chi connectivity index (χ1) is 8.20. The molecule has 1 aromatic heterocycles. The zero-order chi connectivity index (χ0) is 12.3. The van der Waals surface area contributed by atoms with Crippen LogP contribution in [-0.4, -0.2) is 4.98 Å². The van der Waals surface area contributed by atoms with Crippen LogP contribution in [0.4, 0.5) is 0 Å². The van der Waals surface area contributed by atoms with E-state index < -0.39 is 0 Å². The van der Waals surface area contributed by atoms with Crippen LogP contribution in [0.2, 0.25) is 10.0 Å². The summed E-state index contributed by atoms with van der Waals surface area (Å²) >= 11 is 12.1. The molecule has 1 unspecified atom stereocenters. The summed E-state index contributed by atoms with van der Waals surface area (Å²) < 4.78 is 0. The average molecular weight is 283 g/mol. The van der Waals surface area contributed by atoms with Crippen LogP contribution in [0.25, 0.3) is 0 Å². The van der Waals surface area contributed by atoms with Crippen LogP contribution >= 0.6 is 23.2 Å². The lowest BCUT2D eigenvalue weighted by molar-refractivity contribution is 0.773. The van der Waals surface area contributed by atoms with E-state index in [9.17, 15) is 0 Å². The molecule has 0 saturated heterocycles. The van der Waals surface area contributed by atoms with Gasteiger partial charge >= 0.3 is 0 Å². The summed E-state index contributed by atoms with van der Waals surface area (Å²) in [6, 6.07) is 9.71. The molecule has 1 heterocycles. The van der Waals surface area contributed by atoms with Crippen molar-refractivity contribution in [2.45, 2.75) is 19.3 Å². The molecule has 0 spiro atoms. The number of benzene rings is 1. The third-order valence-corrected chi connectivity index (χ3v) is 3.22. The van der Waals surface area contributed by atoms with Gasteiger partial charge in [-0.25, -0.2) is 0 Å². The first-order valence-electron chi connectivity index (χ1n) is 5.56. The van der Waals surface area contributed by atoms with Crippen LogP contribution in [0.5, 0.6) is 0 Å². The van der Waals surface area contributed by atoms with Crippen molar-refractivity contribution >= 4 is 23.2 Å². The summed E-state index contributed by atoms with van der Waals surface area (Å²) in [5, 5.41) is 1.35. The van der Waals surface area contributed by atoms with Crippen molar-refractivity contribution < 1.29 is 0 Å². The van der Waals surface area contributed by atoms with E-state index in [1.54, 1.807) is 12.3 Å². The summed E-state index contributed by atoms with van der Waals surface area (Å²) in [6.45, 7) is 2.15. The molecular formula is C14H16Cl2N2. The molecule has 0 aliphatic carbocycles. The lowest BCUT2D eigenvalue weighted by Gasteiger charge is -2.16. The highest BCUT2D eigenvalue weighted by molar-refractivity contribution is 6.34. The number of hydrogen-bond donors (Lipinski definition) is 1. The predicted octanol–water partition coefficient (Wildman–Crippen LogP) is 5.09. The fourth-order valence-electron chi connectivity index (χ4n) is 2.02. The lowest BCUT2D eigenvalue weighted by Crippen LogP contribution is -2.00. The summed E-state index contributed by atoms with van der Waals surface area (Å²) in [5.41, 5.74) is 2.33. The van der Waals surface area contributed by atoms with Crippen LogP contribution in [0.1, 0.15) is 30.4 Å². The standard InChI is InChI=1S/C14H13Cl2N.H3N/c1-2-14(10-4-3-5-17-9-10)11-6-12(15)8-13(16)7-11;/h3-9,14H,2H2,1H3;1H3. The summed E-state index contributed by atoms with van der Waals surface area (Å²) in [5.74, 6) is 0.292. The fraction of sp³-hybridized carbons (Fsp3) is 0.214. The molecule has 96 valence electrons. The SMILES string of the molecule is CCC(c1cccnc1)c1cc(Cl)cc(Cl)c1.N. The van der Waals surface area contributed by atoms with E-state index in [-0.39, 0.29) is 6.15 Å². The molecule has 0 amide bonds. The molecule has 0 saturated carbocycles. The normalized spacial score (nSPS) is 11.7. The van der Waals surface area contributed by atoms with Gasteiger partial charge in [0.25, 0.3) is 0 Å². The van der Waals surface area contributed by atoms with E-state index in [0.29, 0.717) is 16.0 Å². The molecule has 0 aliphatic rings. The Morgan fingerprint density at radius 2 is 1.78 bits per heavy atom. The van der Waals surface area contributed by atoms with Crippen LogP contribution < -0.4 is 6.15 Å². The smallest absolute Gasteiger partial charge is 0.0423 e. The Morgan fingerprint density at radius 3 is 2.28 bits per heavy atom. The molecule has 2 aromatic rings. The van der Waals surface area contributed by atoms with Crippen molar-refractivity contribution in [1.29, 1.82) is 0 Å². The Hall–Kier alpha value is -1.09. The highest BCUT2D eigenvalue weighted by atomic mass is 35.5. The average Bonchev–Trinajstić information content (AvgIpc) is 2.30. The Kier molecular flexibility index (Phi) is 5.60. The number of rotatable bonds is 3. The van der Waals surface area contributed by atoms with Crippen molar-refractivity contribution in [3.05, 3.63) is 63.9 Å². The van der Waals surface area contributed by atoms with Crippen LogP contribution in [0.15, 0.2) is 42.7 Å². The number of halogens is 2. The molecule has 0 aliphatic heterocycles. The first kappa shape index (κ1) is 15.0. The quantitative estimate of drug-likeness (QED) is 0.852. The van der Waals surface area contributed by atoms with Crippen LogP contribution in [0, 0.1) is 0 Å². The predicted molar refractivity (Wildman–Crippen MR) is 77.9 cm³/mol. The molecule has 0 radical (unpaired) electrons. The van der Waals surface area contributed by atoms with E-state index in [1.165, 1.54) is 5.56 Å². The minimum atomic E-state index is 0. The topological polar surface area (TPSA) is 47.9 Å². The molecule has 0 fully saturated rings. The first-order valence-corrected chi connectivity index (χ1v) is 6.32. The molecule has 3 N–H and O–H groups in total. The molecule has 18 heavy (non-hydrogen) atoms. The summed E-state index contributed by atoms with van der Waals surface area (Å²) in [7, 11) is 0. The summed E-state index contributed by atoms with van der Waals surface area (Å²) in [4.78, 5) is 4.16. The number of pyridine rings is 1. The number of hydrogen-bond acceptors (Lipinski definition) is 2. The van der Waals surface area contributed by atoms with Crippen molar-refractivity contribution in [3.63, 3.8) is 0 Å². The fourth-order valence-corrected chi connectivity index (χ4v) is 2.57. The third kappa shape index (κ3) is 3.45. The zero-order valence-electron chi connectivity index (χ0n) is 10.2. The Labute approximate surface area is 118 Å². The molecule has 1 aromatic carbocycles. The van der Waals surface area contributed by atoms with Gasteiger partial charge in [-0.2, -0.15) is 0 Å². The van der Waals surface area contributed by atoms with Gasteiger partial charge in [0.05, 0.1) is 0 Å². The molecule has 2 nitrogen and oxygen atoms in total. The highest BCUT2D eigenvalue weighted by Gasteiger charge is 2.13. The second kappa shape index (κ2) is 6.74. The molecule has 0 bridgehead atoms. The Morgan fingerprint density at radius 1 is 1.11 bits per heavy atom. The summed E-state index contributed by atoms with van der Waals surface area (Å²) in [6.07, 6.45) is 4.66. The van der Waals surface area contributed by atoms with Gasteiger partial charge in [-0.1, -0.05) is 36.2 Å². The maximum atomic E-state index is 6.04. The van der Waals surface area contributed by atoms with Gasteiger partial charge in [0.1, 0.15) is 0 Å². The zero-order valence-corrected chi connectivity index (χ0v) is 11.7. The largest absolute Gasteiger partial charge is 0.344 e. The molecule has 1 atom stereocenters. The van der Waals surface area contributed by atoms with Gasteiger partial charge in [0.2, 0.25) is 0 Å². The second-order valence-corrected chi connectivity index (χ2v) is 4.82. The molecule has 4 heteroatoms. The van der Waals surface area contributed by atoms with E-state index in [1.807, 2.05) is 24.4 Å². The molecular weight excluding hydrogens is 267 g/mol. The number of aromatic nitrogens is 1. The minimum Gasteiger partial charge on any atom is -0.344 e. The second-order valence-electron chi connectivity index (χ2n) is 3.95. The minimum absolute atomic E-state index is 0.